The number of anilines is 3. The Morgan fingerprint density at radius 3 is 2.86 bits per heavy atom. The van der Waals surface area contributed by atoms with Crippen LogP contribution in [0.25, 0.3) is 5.69 Å². The number of amides is 1. The first-order valence-electron chi connectivity index (χ1n) is 9.10. The predicted molar refractivity (Wildman–Crippen MR) is 106 cm³/mol. The van der Waals surface area contributed by atoms with Crippen molar-refractivity contribution >= 4 is 23.4 Å². The summed E-state index contributed by atoms with van der Waals surface area (Å²) in [7, 11) is 0. The smallest absolute Gasteiger partial charge is 0.254 e. The molecular formula is C18H21N9O2. The van der Waals surface area contributed by atoms with E-state index in [-0.39, 0.29) is 17.6 Å². The largest absolute Gasteiger partial charge is 0.380 e. The van der Waals surface area contributed by atoms with E-state index in [1.54, 1.807) is 12.4 Å². The Kier molecular flexibility index (Phi) is 5.31. The number of carbonyl (C=O) groups excluding carboxylic acids is 1. The van der Waals surface area contributed by atoms with Crippen molar-refractivity contribution in [3.8, 4) is 5.69 Å². The zero-order valence-electron chi connectivity index (χ0n) is 15.5. The average Bonchev–Trinajstić information content (AvgIpc) is 3.25. The van der Waals surface area contributed by atoms with Crippen LogP contribution in [0.2, 0.25) is 0 Å². The number of ether oxygens (including phenoxy) is 1. The van der Waals surface area contributed by atoms with E-state index in [1.807, 2.05) is 24.3 Å². The van der Waals surface area contributed by atoms with Crippen molar-refractivity contribution in [1.29, 1.82) is 0 Å². The van der Waals surface area contributed by atoms with Gasteiger partial charge in [0.05, 0.1) is 24.7 Å². The van der Waals surface area contributed by atoms with Gasteiger partial charge in [-0.2, -0.15) is 20.0 Å². The van der Waals surface area contributed by atoms with Crippen LogP contribution in [-0.2, 0) is 4.74 Å². The molecule has 2 atom stereocenters. The van der Waals surface area contributed by atoms with Gasteiger partial charge in [-0.1, -0.05) is 6.07 Å². The molecule has 0 aliphatic carbocycles. The molecule has 3 aromatic rings. The maximum absolute atomic E-state index is 11.8. The van der Waals surface area contributed by atoms with Crippen LogP contribution in [0.1, 0.15) is 16.8 Å². The van der Waals surface area contributed by atoms with Gasteiger partial charge in [-0.3, -0.25) is 4.79 Å². The van der Waals surface area contributed by atoms with Gasteiger partial charge in [0, 0.05) is 30.6 Å². The molecule has 1 fully saturated rings. The van der Waals surface area contributed by atoms with E-state index in [2.05, 4.69) is 30.8 Å². The summed E-state index contributed by atoms with van der Waals surface area (Å²) < 4.78 is 5.35. The van der Waals surface area contributed by atoms with Crippen LogP contribution >= 0.6 is 0 Å². The van der Waals surface area contributed by atoms with Gasteiger partial charge in [0.2, 0.25) is 5.95 Å². The number of aromatic nitrogens is 5. The fourth-order valence-electron chi connectivity index (χ4n) is 3.03. The summed E-state index contributed by atoms with van der Waals surface area (Å²) in [5, 5.41) is 14.6. The zero-order valence-corrected chi connectivity index (χ0v) is 15.5. The minimum atomic E-state index is -0.633. The van der Waals surface area contributed by atoms with Crippen molar-refractivity contribution in [2.24, 2.45) is 11.5 Å². The number of benzene rings is 1. The topological polar surface area (TPSA) is 159 Å². The highest BCUT2D eigenvalue weighted by Gasteiger charge is 2.23. The third-order valence-corrected chi connectivity index (χ3v) is 4.53. The lowest BCUT2D eigenvalue weighted by atomic mass is 10.1. The lowest BCUT2D eigenvalue weighted by Gasteiger charge is -2.29. The number of nitrogens with zero attached hydrogens (tertiary/aromatic N) is 5. The molecule has 0 spiro atoms. The molecule has 0 radical (unpaired) electrons. The van der Waals surface area contributed by atoms with Crippen LogP contribution in [0.3, 0.4) is 0 Å². The van der Waals surface area contributed by atoms with Crippen LogP contribution in [0, 0.1) is 0 Å². The van der Waals surface area contributed by atoms with Crippen molar-refractivity contribution in [2.75, 3.05) is 23.8 Å². The Bertz CT molecular complexity index is 993. The summed E-state index contributed by atoms with van der Waals surface area (Å²) in [6.45, 7) is 1.08. The predicted octanol–water partition coefficient (Wildman–Crippen LogP) is 0.428. The van der Waals surface area contributed by atoms with Gasteiger partial charge in [-0.05, 0) is 24.6 Å². The lowest BCUT2D eigenvalue weighted by Crippen LogP contribution is -2.47. The molecule has 1 amide bonds. The van der Waals surface area contributed by atoms with Crippen LogP contribution in [0.4, 0.5) is 17.5 Å². The number of rotatable bonds is 6. The van der Waals surface area contributed by atoms with E-state index in [0.29, 0.717) is 30.7 Å². The van der Waals surface area contributed by atoms with Crippen LogP contribution in [0.15, 0.2) is 42.9 Å². The molecule has 11 nitrogen and oxygen atoms in total. The van der Waals surface area contributed by atoms with Gasteiger partial charge in [0.1, 0.15) is 11.4 Å². The highest BCUT2D eigenvalue weighted by molar-refractivity contribution is 5.98. The van der Waals surface area contributed by atoms with Crippen molar-refractivity contribution in [3.05, 3.63) is 48.4 Å². The van der Waals surface area contributed by atoms with E-state index in [0.717, 1.165) is 12.1 Å². The van der Waals surface area contributed by atoms with Gasteiger partial charge < -0.3 is 26.8 Å². The van der Waals surface area contributed by atoms with Crippen molar-refractivity contribution in [3.63, 3.8) is 0 Å². The molecule has 11 heteroatoms. The van der Waals surface area contributed by atoms with Crippen molar-refractivity contribution < 1.29 is 9.53 Å². The third-order valence-electron chi connectivity index (χ3n) is 4.53. The van der Waals surface area contributed by atoms with E-state index >= 15 is 0 Å². The Balaban J connectivity index is 1.60. The monoisotopic (exact) mass is 395 g/mol. The normalized spacial score (nSPS) is 18.9. The Hall–Kier alpha value is -3.57. The number of nitrogens with two attached hydrogens (primary N) is 2. The molecule has 6 N–H and O–H groups in total. The van der Waals surface area contributed by atoms with Gasteiger partial charge >= 0.3 is 0 Å². The summed E-state index contributed by atoms with van der Waals surface area (Å²) in [5.41, 5.74) is 13.2. The van der Waals surface area contributed by atoms with Crippen LogP contribution in [-0.4, -0.2) is 56.2 Å². The Morgan fingerprint density at radius 2 is 2.10 bits per heavy atom. The van der Waals surface area contributed by atoms with Gasteiger partial charge in [0.15, 0.2) is 0 Å². The third kappa shape index (κ3) is 4.31. The maximum Gasteiger partial charge on any atom is 0.254 e. The first kappa shape index (κ1) is 18.8. The molecule has 1 aliphatic heterocycles. The number of hydrogen-bond acceptors (Lipinski definition) is 9. The summed E-state index contributed by atoms with van der Waals surface area (Å²) in [4.78, 5) is 22.0. The fourth-order valence-corrected chi connectivity index (χ4v) is 3.03. The fraction of sp³-hybridized carbons (Fsp3) is 0.278. The molecule has 4 rings (SSSR count). The average molecular weight is 395 g/mol. The maximum atomic E-state index is 11.8. The van der Waals surface area contributed by atoms with E-state index < -0.39 is 5.91 Å². The summed E-state index contributed by atoms with van der Waals surface area (Å²) in [6.07, 6.45) is 5.32. The number of carbonyl (C=O) groups is 1. The quantitative estimate of drug-likeness (QED) is 0.464. The summed E-state index contributed by atoms with van der Waals surface area (Å²) >= 11 is 0. The molecule has 29 heavy (non-hydrogen) atoms. The molecule has 2 aromatic heterocycles. The van der Waals surface area contributed by atoms with E-state index in [1.165, 1.54) is 11.0 Å². The molecule has 0 unspecified atom stereocenters. The second-order valence-electron chi connectivity index (χ2n) is 6.59. The van der Waals surface area contributed by atoms with Crippen LogP contribution < -0.4 is 22.1 Å². The highest BCUT2D eigenvalue weighted by atomic mass is 16.5. The summed E-state index contributed by atoms with van der Waals surface area (Å²) in [5.74, 6) is 0.0117. The van der Waals surface area contributed by atoms with E-state index in [4.69, 9.17) is 16.2 Å². The van der Waals surface area contributed by atoms with Crippen molar-refractivity contribution in [2.45, 2.75) is 18.5 Å². The molecular weight excluding hydrogens is 374 g/mol. The summed E-state index contributed by atoms with van der Waals surface area (Å²) in [6, 6.07) is 7.17. The van der Waals surface area contributed by atoms with Gasteiger partial charge in [-0.25, -0.2) is 4.98 Å². The molecule has 1 aliphatic rings. The van der Waals surface area contributed by atoms with Crippen molar-refractivity contribution in [1.82, 2.24) is 25.0 Å². The number of nitrogens with one attached hydrogen (secondary N) is 2. The first-order chi connectivity index (χ1) is 14.1. The lowest BCUT2D eigenvalue weighted by molar-refractivity contribution is 0.0751. The SMILES string of the molecule is NC(=O)c1cnc(N[C@@H]2CCOC[C@H]2N)nc1Nc1cccc(-n2nccn2)c1. The molecule has 1 aromatic carbocycles. The highest BCUT2D eigenvalue weighted by Crippen LogP contribution is 2.22. The number of primary amides is 1. The minimum absolute atomic E-state index is 0.0229. The van der Waals surface area contributed by atoms with Crippen LogP contribution in [0.5, 0.6) is 0 Å². The van der Waals surface area contributed by atoms with Gasteiger partial charge in [0.25, 0.3) is 5.91 Å². The molecule has 0 saturated carbocycles. The zero-order chi connectivity index (χ0) is 20.2. The molecule has 0 bridgehead atoms. The number of hydrogen-bond donors (Lipinski definition) is 4. The second kappa shape index (κ2) is 8.20. The standard InChI is InChI=1S/C18H21N9O2/c19-14-10-29-7-4-15(14)25-18-21-9-13(16(20)28)17(26-18)24-11-2-1-3-12(8-11)27-22-5-6-23-27/h1-3,5-6,8-9,14-15H,4,7,10,19H2,(H2,20,28)(H2,21,24,25,26)/t14-,15-/m1/s1. The molecule has 150 valence electrons. The molecule has 1 saturated heterocycles. The van der Waals surface area contributed by atoms with Gasteiger partial charge in [-0.15, -0.1) is 0 Å². The minimum Gasteiger partial charge on any atom is -0.380 e. The Labute approximate surface area is 166 Å². The van der Waals surface area contributed by atoms with E-state index in [9.17, 15) is 4.79 Å². The Morgan fingerprint density at radius 1 is 1.28 bits per heavy atom. The second-order valence-corrected chi connectivity index (χ2v) is 6.59. The molecule has 3 heterocycles. The first-order valence-corrected chi connectivity index (χ1v) is 9.10.